The van der Waals surface area contributed by atoms with Gasteiger partial charge in [-0.05, 0) is 48.6 Å². The quantitative estimate of drug-likeness (QED) is 0.716. The summed E-state index contributed by atoms with van der Waals surface area (Å²) in [4.78, 5) is 19.1. The number of likely N-dealkylation sites (tertiary alicyclic amines) is 1. The van der Waals surface area contributed by atoms with Gasteiger partial charge in [0.05, 0.1) is 10.5 Å². The molecule has 2 heterocycles. The highest BCUT2D eigenvalue weighted by Crippen LogP contribution is 2.58. The Morgan fingerprint density at radius 2 is 1.88 bits per heavy atom. The Morgan fingerprint density at radius 3 is 2.42 bits per heavy atom. The number of nitrogens with one attached hydrogen (secondary N) is 1. The molecule has 0 bridgehead atoms. The van der Waals surface area contributed by atoms with E-state index in [1.165, 1.54) is 19.3 Å². The summed E-state index contributed by atoms with van der Waals surface area (Å²) in [6, 6.07) is 7.75. The van der Waals surface area contributed by atoms with Crippen LogP contribution in [0.4, 0.5) is 0 Å². The molecule has 2 fully saturated rings. The van der Waals surface area contributed by atoms with Crippen LogP contribution < -0.4 is 0 Å². The number of para-hydroxylation sites is 1. The SMILES string of the molecule is CC(C)C1(C(C)C)CC2(CCC2)CN1C(=O)c1cc2cccc(Cl)c2[nH]1. The number of hydrogen-bond acceptors (Lipinski definition) is 1. The number of carbonyl (C=O) groups is 1. The molecule has 1 aromatic carbocycles. The van der Waals surface area contributed by atoms with Crippen LogP contribution in [0, 0.1) is 17.3 Å². The average molecular weight is 373 g/mol. The third kappa shape index (κ3) is 2.43. The van der Waals surface area contributed by atoms with Crippen molar-refractivity contribution in [3.8, 4) is 0 Å². The number of benzene rings is 1. The van der Waals surface area contributed by atoms with Crippen LogP contribution >= 0.6 is 11.6 Å². The highest BCUT2D eigenvalue weighted by Gasteiger charge is 2.59. The van der Waals surface area contributed by atoms with Crippen LogP contribution in [0.25, 0.3) is 10.9 Å². The maximum Gasteiger partial charge on any atom is 0.270 e. The summed E-state index contributed by atoms with van der Waals surface area (Å²) in [5.74, 6) is 0.988. The van der Waals surface area contributed by atoms with Gasteiger partial charge in [-0.25, -0.2) is 0 Å². The average Bonchev–Trinajstić information content (AvgIpc) is 3.15. The highest BCUT2D eigenvalue weighted by molar-refractivity contribution is 6.35. The fourth-order valence-electron chi connectivity index (χ4n) is 5.59. The van der Waals surface area contributed by atoms with Crippen molar-refractivity contribution in [2.24, 2.45) is 17.3 Å². The van der Waals surface area contributed by atoms with Gasteiger partial charge in [-0.2, -0.15) is 0 Å². The van der Waals surface area contributed by atoms with Crippen LogP contribution in [0.1, 0.15) is 63.9 Å². The van der Waals surface area contributed by atoms with Gasteiger partial charge in [-0.15, -0.1) is 0 Å². The smallest absolute Gasteiger partial charge is 0.270 e. The van der Waals surface area contributed by atoms with Gasteiger partial charge in [0.1, 0.15) is 5.69 Å². The van der Waals surface area contributed by atoms with Gasteiger partial charge in [0.2, 0.25) is 0 Å². The zero-order valence-corrected chi connectivity index (χ0v) is 17.0. The number of halogens is 1. The minimum Gasteiger partial charge on any atom is -0.349 e. The number of fused-ring (bicyclic) bond motifs is 1. The second kappa shape index (κ2) is 6.02. The number of aromatic nitrogens is 1. The molecule has 0 unspecified atom stereocenters. The second-order valence-electron chi connectivity index (χ2n) is 9.11. The molecule has 0 atom stereocenters. The highest BCUT2D eigenvalue weighted by atomic mass is 35.5. The van der Waals surface area contributed by atoms with Crippen LogP contribution in [0.3, 0.4) is 0 Å². The van der Waals surface area contributed by atoms with Crippen LogP contribution in [0.5, 0.6) is 0 Å². The van der Waals surface area contributed by atoms with Crippen molar-refractivity contribution in [1.29, 1.82) is 0 Å². The van der Waals surface area contributed by atoms with Crippen molar-refractivity contribution >= 4 is 28.4 Å². The molecule has 1 spiro atoms. The standard InChI is InChI=1S/C22H29ClN2O/c1-14(2)22(15(3)4)12-21(9-6-10-21)13-25(22)20(26)18-11-16-7-5-8-17(23)19(16)24-18/h5,7-8,11,14-15,24H,6,9-10,12-13H2,1-4H3. The summed E-state index contributed by atoms with van der Waals surface area (Å²) in [6.45, 7) is 10.0. The molecular weight excluding hydrogens is 344 g/mol. The molecule has 1 aliphatic heterocycles. The van der Waals surface area contributed by atoms with Crippen LogP contribution in [-0.4, -0.2) is 27.9 Å². The molecule has 1 saturated heterocycles. The van der Waals surface area contributed by atoms with E-state index < -0.39 is 0 Å². The van der Waals surface area contributed by atoms with Crippen molar-refractivity contribution in [2.75, 3.05) is 6.54 Å². The van der Waals surface area contributed by atoms with E-state index in [-0.39, 0.29) is 11.4 Å². The minimum atomic E-state index is -0.0708. The van der Waals surface area contributed by atoms with Crippen molar-refractivity contribution in [3.63, 3.8) is 0 Å². The van der Waals surface area contributed by atoms with Gasteiger partial charge in [-0.1, -0.05) is 57.8 Å². The molecular formula is C22H29ClN2O. The Kier molecular flexibility index (Phi) is 4.15. The molecule has 1 aromatic heterocycles. The minimum absolute atomic E-state index is 0.0708. The lowest BCUT2D eigenvalue weighted by atomic mass is 9.62. The third-order valence-electron chi connectivity index (χ3n) is 7.15. The van der Waals surface area contributed by atoms with E-state index in [4.69, 9.17) is 11.6 Å². The molecule has 2 aromatic rings. The molecule has 140 valence electrons. The lowest BCUT2D eigenvalue weighted by Crippen LogP contribution is -2.54. The van der Waals surface area contributed by atoms with Gasteiger partial charge in [-0.3, -0.25) is 4.79 Å². The summed E-state index contributed by atoms with van der Waals surface area (Å²) >= 11 is 6.31. The first-order valence-corrected chi connectivity index (χ1v) is 10.3. The molecule has 3 nitrogen and oxygen atoms in total. The molecule has 4 rings (SSSR count). The first-order chi connectivity index (χ1) is 12.3. The Hall–Kier alpha value is -1.48. The molecule has 0 radical (unpaired) electrons. The largest absolute Gasteiger partial charge is 0.349 e. The Morgan fingerprint density at radius 1 is 1.19 bits per heavy atom. The number of aromatic amines is 1. The van der Waals surface area contributed by atoms with E-state index in [0.29, 0.717) is 28.0 Å². The van der Waals surface area contributed by atoms with E-state index >= 15 is 0 Å². The normalized spacial score (nSPS) is 21.1. The predicted octanol–water partition coefficient (Wildman–Crippen LogP) is 5.89. The van der Waals surface area contributed by atoms with Crippen LogP contribution in [0.15, 0.2) is 24.3 Å². The molecule has 4 heteroatoms. The second-order valence-corrected chi connectivity index (χ2v) is 9.52. The Balaban J connectivity index is 1.77. The summed E-state index contributed by atoms with van der Waals surface area (Å²) in [5.41, 5.74) is 1.79. The van der Waals surface area contributed by atoms with Crippen LogP contribution in [-0.2, 0) is 0 Å². The number of rotatable bonds is 3. The van der Waals surface area contributed by atoms with E-state index in [1.54, 1.807) is 0 Å². The maximum atomic E-state index is 13.6. The van der Waals surface area contributed by atoms with E-state index in [0.717, 1.165) is 23.9 Å². The third-order valence-corrected chi connectivity index (χ3v) is 7.46. The number of hydrogen-bond donors (Lipinski definition) is 1. The van der Waals surface area contributed by atoms with Gasteiger partial charge in [0, 0.05) is 17.5 Å². The van der Waals surface area contributed by atoms with Gasteiger partial charge in [0.15, 0.2) is 0 Å². The summed E-state index contributed by atoms with van der Waals surface area (Å²) in [7, 11) is 0. The number of carbonyl (C=O) groups excluding carboxylic acids is 1. The molecule has 1 N–H and O–H groups in total. The Bertz CT molecular complexity index is 839. The zero-order valence-electron chi connectivity index (χ0n) is 16.2. The van der Waals surface area contributed by atoms with Crippen molar-refractivity contribution < 1.29 is 4.79 Å². The summed E-state index contributed by atoms with van der Waals surface area (Å²) < 4.78 is 0. The van der Waals surface area contributed by atoms with Crippen molar-refractivity contribution in [2.45, 2.75) is 58.9 Å². The molecule has 1 amide bonds. The van der Waals surface area contributed by atoms with Gasteiger partial charge < -0.3 is 9.88 Å². The fourth-order valence-corrected chi connectivity index (χ4v) is 5.81. The number of H-pyrrole nitrogens is 1. The molecule has 1 saturated carbocycles. The maximum absolute atomic E-state index is 13.6. The first-order valence-electron chi connectivity index (χ1n) is 9.88. The molecule has 2 aliphatic rings. The predicted molar refractivity (Wildman–Crippen MR) is 108 cm³/mol. The first kappa shape index (κ1) is 17.9. The lowest BCUT2D eigenvalue weighted by molar-refractivity contribution is 0.0290. The van der Waals surface area contributed by atoms with Crippen LogP contribution in [0.2, 0.25) is 5.02 Å². The summed E-state index contributed by atoms with van der Waals surface area (Å²) in [6.07, 6.45) is 4.96. The monoisotopic (exact) mass is 372 g/mol. The zero-order chi connectivity index (χ0) is 18.7. The van der Waals surface area contributed by atoms with Gasteiger partial charge >= 0.3 is 0 Å². The number of amides is 1. The summed E-state index contributed by atoms with van der Waals surface area (Å²) in [5, 5.41) is 1.66. The molecule has 26 heavy (non-hydrogen) atoms. The topological polar surface area (TPSA) is 36.1 Å². The number of nitrogens with zero attached hydrogens (tertiary/aromatic N) is 1. The van der Waals surface area contributed by atoms with Crippen molar-refractivity contribution in [3.05, 3.63) is 35.0 Å². The molecule has 1 aliphatic carbocycles. The lowest BCUT2D eigenvalue weighted by Gasteiger charge is -2.46. The Labute approximate surface area is 161 Å². The van der Waals surface area contributed by atoms with E-state index in [2.05, 4.69) is 37.6 Å². The van der Waals surface area contributed by atoms with E-state index in [1.807, 2.05) is 24.3 Å². The van der Waals surface area contributed by atoms with Crippen molar-refractivity contribution in [1.82, 2.24) is 9.88 Å². The van der Waals surface area contributed by atoms with Gasteiger partial charge in [0.25, 0.3) is 5.91 Å². The van der Waals surface area contributed by atoms with E-state index in [9.17, 15) is 4.79 Å². The fraction of sp³-hybridized carbons (Fsp3) is 0.591.